The molecule has 0 aliphatic rings. The molecule has 0 unspecified atom stereocenters. The van der Waals surface area contributed by atoms with Crippen LogP contribution in [0.25, 0.3) is 10.8 Å². The first-order valence-corrected chi connectivity index (χ1v) is 10.6. The number of benzene rings is 3. The van der Waals surface area contributed by atoms with E-state index in [0.717, 1.165) is 16.7 Å². The standard InChI is InChI=1S/C23H19N3O2S/c1-17(19-10-9-18-6-2-3-7-20(18)16-19)25-21-11-13-22(14-12-21)29(27,28)26-23-8-4-5-15-24-23/h2-16H,1H3,(H,24,26). The summed E-state index contributed by atoms with van der Waals surface area (Å²) in [6, 6.07) is 25.9. The Balaban J connectivity index is 1.56. The first kappa shape index (κ1) is 18.8. The van der Waals surface area contributed by atoms with E-state index in [-0.39, 0.29) is 10.7 Å². The number of hydrogen-bond donors (Lipinski definition) is 1. The molecule has 29 heavy (non-hydrogen) atoms. The third-order valence-electron chi connectivity index (χ3n) is 4.51. The number of aromatic nitrogens is 1. The van der Waals surface area contributed by atoms with Crippen molar-refractivity contribution in [1.29, 1.82) is 0 Å². The van der Waals surface area contributed by atoms with Gasteiger partial charge in [0.05, 0.1) is 10.6 Å². The van der Waals surface area contributed by atoms with Gasteiger partial charge in [-0.1, -0.05) is 42.5 Å². The molecule has 4 rings (SSSR count). The number of nitrogens with zero attached hydrogens (tertiary/aromatic N) is 2. The van der Waals surface area contributed by atoms with Crippen molar-refractivity contribution in [2.75, 3.05) is 4.72 Å². The van der Waals surface area contributed by atoms with E-state index in [4.69, 9.17) is 0 Å². The molecule has 1 N–H and O–H groups in total. The summed E-state index contributed by atoms with van der Waals surface area (Å²) < 4.78 is 27.5. The fourth-order valence-corrected chi connectivity index (χ4v) is 4.00. The monoisotopic (exact) mass is 401 g/mol. The number of rotatable bonds is 5. The molecule has 0 aliphatic heterocycles. The van der Waals surface area contributed by atoms with Crippen LogP contribution in [0, 0.1) is 0 Å². The first-order chi connectivity index (χ1) is 14.0. The minimum Gasteiger partial charge on any atom is -0.263 e. The normalized spacial score (nSPS) is 12.1. The van der Waals surface area contributed by atoms with Gasteiger partial charge in [-0.05, 0) is 65.7 Å². The number of nitrogens with one attached hydrogen (secondary N) is 1. The highest BCUT2D eigenvalue weighted by Crippen LogP contribution is 2.21. The highest BCUT2D eigenvalue weighted by molar-refractivity contribution is 7.92. The van der Waals surface area contributed by atoms with Gasteiger partial charge in [-0.25, -0.2) is 13.4 Å². The largest absolute Gasteiger partial charge is 0.263 e. The Morgan fingerprint density at radius 3 is 2.31 bits per heavy atom. The molecule has 1 aromatic heterocycles. The second-order valence-corrected chi connectivity index (χ2v) is 8.26. The van der Waals surface area contributed by atoms with Crippen molar-refractivity contribution in [2.45, 2.75) is 11.8 Å². The smallest absolute Gasteiger partial charge is 0.263 e. The van der Waals surface area contributed by atoms with Crippen LogP contribution in [0.1, 0.15) is 12.5 Å². The maximum Gasteiger partial charge on any atom is 0.263 e. The lowest BCUT2D eigenvalue weighted by atomic mass is 10.0. The SMILES string of the molecule is CC(=Nc1ccc(S(=O)(=O)Nc2ccccn2)cc1)c1ccc2ccccc2c1. The van der Waals surface area contributed by atoms with Gasteiger partial charge in [0, 0.05) is 11.9 Å². The summed E-state index contributed by atoms with van der Waals surface area (Å²) in [6.45, 7) is 1.94. The van der Waals surface area contributed by atoms with Crippen LogP contribution in [-0.2, 0) is 10.0 Å². The highest BCUT2D eigenvalue weighted by Gasteiger charge is 2.14. The molecule has 0 saturated carbocycles. The van der Waals surface area contributed by atoms with Gasteiger partial charge < -0.3 is 0 Å². The molecule has 3 aromatic carbocycles. The summed E-state index contributed by atoms with van der Waals surface area (Å²) in [4.78, 5) is 8.78. The number of pyridine rings is 1. The molecular formula is C23H19N3O2S. The number of fused-ring (bicyclic) bond motifs is 1. The maximum absolute atomic E-state index is 12.5. The van der Waals surface area contributed by atoms with E-state index >= 15 is 0 Å². The molecule has 144 valence electrons. The molecule has 4 aromatic rings. The maximum atomic E-state index is 12.5. The molecule has 0 amide bonds. The highest BCUT2D eigenvalue weighted by atomic mass is 32.2. The summed E-state index contributed by atoms with van der Waals surface area (Å²) >= 11 is 0. The first-order valence-electron chi connectivity index (χ1n) is 9.10. The van der Waals surface area contributed by atoms with Crippen molar-refractivity contribution in [1.82, 2.24) is 4.98 Å². The topological polar surface area (TPSA) is 71.4 Å². The third-order valence-corrected chi connectivity index (χ3v) is 5.89. The van der Waals surface area contributed by atoms with Crippen molar-refractivity contribution in [3.8, 4) is 0 Å². The predicted octanol–water partition coefficient (Wildman–Crippen LogP) is 5.18. The fraction of sp³-hybridized carbons (Fsp3) is 0.0435. The Hall–Kier alpha value is -3.51. The van der Waals surface area contributed by atoms with Crippen LogP contribution >= 0.6 is 0 Å². The molecule has 0 aliphatic carbocycles. The zero-order chi connectivity index (χ0) is 20.3. The molecule has 0 saturated heterocycles. The molecular weight excluding hydrogens is 382 g/mol. The van der Waals surface area contributed by atoms with E-state index in [1.54, 1.807) is 30.3 Å². The zero-order valence-electron chi connectivity index (χ0n) is 15.8. The second-order valence-electron chi connectivity index (χ2n) is 6.57. The van der Waals surface area contributed by atoms with Gasteiger partial charge in [-0.3, -0.25) is 9.71 Å². The van der Waals surface area contributed by atoms with Gasteiger partial charge >= 0.3 is 0 Å². The van der Waals surface area contributed by atoms with Gasteiger partial charge in [0.1, 0.15) is 5.82 Å². The minimum absolute atomic E-state index is 0.158. The lowest BCUT2D eigenvalue weighted by Crippen LogP contribution is -2.13. The molecule has 0 bridgehead atoms. The Kier molecular flexibility index (Phi) is 5.10. The third kappa shape index (κ3) is 4.33. The van der Waals surface area contributed by atoms with Gasteiger partial charge in [0.25, 0.3) is 10.0 Å². The molecule has 5 nitrogen and oxygen atoms in total. The average Bonchev–Trinajstić information content (AvgIpc) is 2.74. The van der Waals surface area contributed by atoms with E-state index in [1.165, 1.54) is 23.7 Å². The lowest BCUT2D eigenvalue weighted by Gasteiger charge is -2.08. The van der Waals surface area contributed by atoms with Crippen molar-refractivity contribution >= 4 is 38.0 Å². The summed E-state index contributed by atoms with van der Waals surface area (Å²) in [5.41, 5.74) is 2.57. The number of anilines is 1. The van der Waals surface area contributed by atoms with Crippen LogP contribution in [0.15, 0.2) is 101 Å². The van der Waals surface area contributed by atoms with E-state index in [1.807, 2.05) is 25.1 Å². The average molecular weight is 401 g/mol. The van der Waals surface area contributed by atoms with Gasteiger partial charge in [-0.15, -0.1) is 0 Å². The second kappa shape index (κ2) is 7.85. The van der Waals surface area contributed by atoms with Crippen molar-refractivity contribution in [3.63, 3.8) is 0 Å². The van der Waals surface area contributed by atoms with Crippen LogP contribution in [0.5, 0.6) is 0 Å². The van der Waals surface area contributed by atoms with E-state index in [0.29, 0.717) is 5.69 Å². The van der Waals surface area contributed by atoms with Gasteiger partial charge in [-0.2, -0.15) is 0 Å². The summed E-state index contributed by atoms with van der Waals surface area (Å²) in [5.74, 6) is 0.279. The summed E-state index contributed by atoms with van der Waals surface area (Å²) in [7, 11) is -3.70. The predicted molar refractivity (Wildman–Crippen MR) is 117 cm³/mol. The lowest BCUT2D eigenvalue weighted by molar-refractivity contribution is 0.601. The van der Waals surface area contributed by atoms with Crippen LogP contribution in [-0.4, -0.2) is 19.1 Å². The van der Waals surface area contributed by atoms with E-state index in [2.05, 4.69) is 39.0 Å². The van der Waals surface area contributed by atoms with Gasteiger partial charge in [0.15, 0.2) is 0 Å². The number of hydrogen-bond acceptors (Lipinski definition) is 4. The van der Waals surface area contributed by atoms with Crippen LogP contribution in [0.3, 0.4) is 0 Å². The van der Waals surface area contributed by atoms with Crippen LogP contribution in [0.4, 0.5) is 11.5 Å². The van der Waals surface area contributed by atoms with Crippen molar-refractivity contribution < 1.29 is 8.42 Å². The summed E-state index contributed by atoms with van der Waals surface area (Å²) in [5, 5.41) is 2.33. The quantitative estimate of drug-likeness (QED) is 0.469. The minimum atomic E-state index is -3.70. The Bertz CT molecular complexity index is 1280. The Labute approximate surface area is 169 Å². The molecule has 6 heteroatoms. The van der Waals surface area contributed by atoms with E-state index in [9.17, 15) is 8.42 Å². The molecule has 0 atom stereocenters. The number of aliphatic imine (C=N–C) groups is 1. The van der Waals surface area contributed by atoms with Crippen LogP contribution in [0.2, 0.25) is 0 Å². The Morgan fingerprint density at radius 2 is 1.59 bits per heavy atom. The van der Waals surface area contributed by atoms with Crippen LogP contribution < -0.4 is 4.72 Å². The zero-order valence-corrected chi connectivity index (χ0v) is 16.6. The molecule has 0 radical (unpaired) electrons. The van der Waals surface area contributed by atoms with Crippen molar-refractivity contribution in [2.24, 2.45) is 4.99 Å². The van der Waals surface area contributed by atoms with Crippen molar-refractivity contribution in [3.05, 3.63) is 96.7 Å². The Morgan fingerprint density at radius 1 is 0.862 bits per heavy atom. The molecule has 0 fully saturated rings. The number of sulfonamides is 1. The fourth-order valence-electron chi connectivity index (χ4n) is 2.99. The van der Waals surface area contributed by atoms with Gasteiger partial charge in [0.2, 0.25) is 0 Å². The summed E-state index contributed by atoms with van der Waals surface area (Å²) in [6.07, 6.45) is 1.53. The molecule has 0 spiro atoms. The van der Waals surface area contributed by atoms with E-state index < -0.39 is 10.0 Å². The molecule has 1 heterocycles.